The molecule has 3 aromatic carbocycles. The molecule has 3 aromatic rings. The number of carboxylic acids is 9. The number of para-hydroxylation sites is 3. The second-order valence-electron chi connectivity index (χ2n) is 31.0. The molecule has 0 aromatic heterocycles. The van der Waals surface area contributed by atoms with Gasteiger partial charge in [-0.3, -0.25) is 0 Å². The average Bonchev–Trinajstić information content (AvgIpc) is 0.905. The third-order valence-electron chi connectivity index (χ3n) is 11.0. The van der Waals surface area contributed by atoms with E-state index < -0.39 is 102 Å². The van der Waals surface area contributed by atoms with Gasteiger partial charge < -0.3 is 167 Å². The van der Waals surface area contributed by atoms with Gasteiger partial charge in [0.05, 0.1) is 0 Å². The molecule has 0 aliphatic rings. The zero-order valence-electron chi connectivity index (χ0n) is 71.2. The Morgan fingerprint density at radius 3 is 0.330 bits per heavy atom. The van der Waals surface area contributed by atoms with Crippen molar-refractivity contribution in [3.63, 3.8) is 0 Å². The molecular formula is C75H129Fe7N3O30+3. The van der Waals surface area contributed by atoms with E-state index in [1.54, 1.807) is 187 Å². The van der Waals surface area contributed by atoms with E-state index in [-0.39, 0.29) is 192 Å². The van der Waals surface area contributed by atoms with Crippen molar-refractivity contribution in [2.24, 2.45) is 48.7 Å². The molecule has 0 bridgehead atoms. The monoisotopic (exact) mass is 1940 g/mol. The van der Waals surface area contributed by atoms with Gasteiger partial charge in [0.1, 0.15) is 0 Å². The smallest absolute Gasteiger partial charge is 2.00 e. The van der Waals surface area contributed by atoms with Gasteiger partial charge in [0, 0.05) is 159 Å². The number of benzene rings is 3. The third-order valence-corrected chi connectivity index (χ3v) is 11.0. The maximum absolute atomic E-state index is 10.4. The van der Waals surface area contributed by atoms with Crippen molar-refractivity contribution in [3.05, 3.63) is 91.0 Å². The molecule has 0 unspecified atom stereocenters. The molecule has 0 fully saturated rings. The standard InChI is InChI=1S/3C10H13NO2.9C5H10O2.7Fe.3H2O.3O/c3*12-8-6-11(7-9-13)10-4-2-1-3-5-10;9*1-5(2,3)4(6)7;;;;;;;;;;;;;/h3*1-5H,6-9H2;9*1-3H3,(H,6,7);;;;;;;;3*1H2;;;/q3*-2;;;;;;;;;;7*+3;;;;3*-2/p-6. The van der Waals surface area contributed by atoms with Crippen molar-refractivity contribution in [2.45, 2.75) is 187 Å². The number of carbonyl (C=O) groups is 9. The van der Waals surface area contributed by atoms with Crippen LogP contribution in [-0.4, -0.2) is 133 Å². The minimum atomic E-state index is -1.01. The summed E-state index contributed by atoms with van der Waals surface area (Å²) in [7, 11) is 0. The first-order chi connectivity index (χ1) is 45.6. The molecule has 115 heavy (non-hydrogen) atoms. The van der Waals surface area contributed by atoms with Crippen LogP contribution in [0.25, 0.3) is 0 Å². The van der Waals surface area contributed by atoms with E-state index in [0.717, 1.165) is 17.1 Å². The van der Waals surface area contributed by atoms with Gasteiger partial charge in [-0.15, -0.1) is 39.6 Å². The fraction of sp³-hybridized carbons (Fsp3) is 0.640. The Morgan fingerprint density at radius 1 is 0.209 bits per heavy atom. The molecular weight excluding hydrogens is 1810 g/mol. The first kappa shape index (κ1) is 169. The van der Waals surface area contributed by atoms with E-state index in [1.165, 1.54) is 0 Å². The molecule has 0 heterocycles. The Balaban J connectivity index is -0.0000000410. The Hall–Kier alpha value is -4.55. The maximum Gasteiger partial charge on any atom is 3.00 e. The number of anilines is 3. The van der Waals surface area contributed by atoms with Crippen LogP contribution < -0.4 is 91.3 Å². The second-order valence-corrected chi connectivity index (χ2v) is 31.0. The largest absolute Gasteiger partial charge is 3.00 e. The minimum absolute atomic E-state index is 0. The van der Waals surface area contributed by atoms with Crippen LogP contribution in [0.5, 0.6) is 0 Å². The molecule has 7 radical (unpaired) electrons. The van der Waals surface area contributed by atoms with Crippen molar-refractivity contribution in [1.29, 1.82) is 0 Å². The molecule has 0 aliphatic heterocycles. The first-order valence-corrected chi connectivity index (χ1v) is 32.5. The molecule has 0 saturated carbocycles. The fourth-order valence-corrected chi connectivity index (χ4v) is 3.69. The zero-order chi connectivity index (χ0) is 83.3. The number of carbonyl (C=O) groups excluding carboxylic acids is 9. The Kier molecular flexibility index (Phi) is 128. The summed E-state index contributed by atoms with van der Waals surface area (Å²) < 4.78 is 0. The average molecular weight is 1940 g/mol. The predicted octanol–water partition coefficient (Wildman–Crippen LogP) is -7.46. The van der Waals surface area contributed by atoms with Crippen LogP contribution in [-0.2, 0) is 195 Å². The molecule has 3 rings (SSSR count). The normalized spacial score (nSPS) is 9.57. The topological polar surface area (TPSA) is 694 Å². The van der Waals surface area contributed by atoms with Gasteiger partial charge in [-0.25, -0.2) is 0 Å². The van der Waals surface area contributed by atoms with Gasteiger partial charge in [0.15, 0.2) is 0 Å². The number of hydrogen-bond donors (Lipinski definition) is 0. The molecule has 40 heteroatoms. The van der Waals surface area contributed by atoms with Crippen LogP contribution in [0.3, 0.4) is 0 Å². The van der Waals surface area contributed by atoms with Crippen LogP contribution in [0.15, 0.2) is 91.0 Å². The van der Waals surface area contributed by atoms with Gasteiger partial charge in [-0.05, 0) is 36.4 Å². The second kappa shape index (κ2) is 87.3. The maximum atomic E-state index is 10.4. The summed E-state index contributed by atoms with van der Waals surface area (Å²) in [6, 6.07) is 28.6. The number of hydrogen-bond acceptors (Lipinski definition) is 27. The van der Waals surface area contributed by atoms with E-state index in [4.69, 9.17) is 0 Å². The van der Waals surface area contributed by atoms with Gasteiger partial charge in [-0.1, -0.05) is 242 Å². The molecule has 0 aliphatic carbocycles. The molecule has 33 nitrogen and oxygen atoms in total. The summed E-state index contributed by atoms with van der Waals surface area (Å²) in [6.07, 6.45) is 0. The van der Waals surface area contributed by atoms with E-state index in [9.17, 15) is 120 Å². The number of carboxylic acid groups (broad SMARTS) is 9. The van der Waals surface area contributed by atoms with Crippen molar-refractivity contribution < 1.29 is 272 Å². The summed E-state index contributed by atoms with van der Waals surface area (Å²) in [5, 5.41) is 152. The van der Waals surface area contributed by atoms with Crippen LogP contribution in [0.4, 0.5) is 17.1 Å². The Labute approximate surface area is 757 Å². The molecule has 0 atom stereocenters. The molecule has 677 valence electrons. The molecule has 9 N–H and O–H groups in total. The van der Waals surface area contributed by atoms with E-state index in [2.05, 4.69) is 0 Å². The fourth-order valence-electron chi connectivity index (χ4n) is 3.69. The summed E-state index contributed by atoms with van der Waals surface area (Å²) in [5.74, 6) is -9.06. The van der Waals surface area contributed by atoms with Crippen molar-refractivity contribution in [2.75, 3.05) is 93.6 Å². The summed E-state index contributed by atoms with van der Waals surface area (Å²) >= 11 is 0. The number of aliphatic carboxylic acids is 9. The van der Waals surface area contributed by atoms with Crippen molar-refractivity contribution in [1.82, 2.24) is 0 Å². The Morgan fingerprint density at radius 2 is 0.278 bits per heavy atom. The summed E-state index contributed by atoms with van der Waals surface area (Å²) in [6.45, 7) is 44.6. The van der Waals surface area contributed by atoms with Crippen LogP contribution in [0.1, 0.15) is 187 Å². The summed E-state index contributed by atoms with van der Waals surface area (Å²) in [4.78, 5) is 94.6. The third kappa shape index (κ3) is 118. The van der Waals surface area contributed by atoms with Gasteiger partial charge >= 0.3 is 119 Å². The van der Waals surface area contributed by atoms with Crippen LogP contribution >= 0.6 is 0 Å². The minimum Gasteiger partial charge on any atom is -2.00 e. The van der Waals surface area contributed by atoms with Crippen LogP contribution in [0.2, 0.25) is 0 Å². The number of rotatable bonds is 15. The molecule has 0 saturated heterocycles. The SMILES string of the molecule is CC(C)(C)C(=O)[O-].CC(C)(C)C(=O)[O-].CC(C)(C)C(=O)[O-].CC(C)(C)C(=O)[O-].CC(C)(C)C(=O)[O-].CC(C)(C)C(=O)[O-].CC(C)(C)C(=O)[O-].CC(C)(C)C(=O)[O-].CC(C)(C)C(=O)[O-].[Fe+3].[Fe+3].[Fe+3].[Fe+3].[Fe+3].[Fe+3].[Fe+3].[O-2].[O-2].[O-2].[O-]CCN(CC[O-])c1ccccc1.[O-]CCN(CC[O-])c1ccccc1.[O-]CCN(CC[O-])c1ccccc1.[OH3+].[OH3+].[OH3+]. The van der Waals surface area contributed by atoms with E-state index in [1.807, 2.05) is 106 Å². The Bertz CT molecular complexity index is 2250. The summed E-state index contributed by atoms with van der Waals surface area (Å²) in [5.41, 5.74) is -3.39. The van der Waals surface area contributed by atoms with Crippen molar-refractivity contribution >= 4 is 70.8 Å². The van der Waals surface area contributed by atoms with E-state index in [0.29, 0.717) is 39.3 Å². The van der Waals surface area contributed by atoms with E-state index >= 15 is 0 Å². The van der Waals surface area contributed by atoms with Crippen molar-refractivity contribution in [3.8, 4) is 0 Å². The predicted molar refractivity (Wildman–Crippen MR) is 382 cm³/mol. The van der Waals surface area contributed by atoms with Gasteiger partial charge in [-0.2, -0.15) is 0 Å². The first-order valence-electron chi connectivity index (χ1n) is 32.5. The quantitative estimate of drug-likeness (QED) is 0.101. The van der Waals surface area contributed by atoms with Gasteiger partial charge in [0.2, 0.25) is 0 Å². The zero-order valence-corrected chi connectivity index (χ0v) is 78.9. The van der Waals surface area contributed by atoms with Crippen LogP contribution in [0, 0.1) is 48.7 Å². The molecule has 0 spiro atoms. The molecule has 0 amide bonds. The number of nitrogens with zero attached hydrogens (tertiary/aromatic N) is 3. The van der Waals surface area contributed by atoms with Gasteiger partial charge in [0.25, 0.3) is 0 Å².